The molecule has 0 unspecified atom stereocenters. The highest BCUT2D eigenvalue weighted by Gasteiger charge is 2.27. The van der Waals surface area contributed by atoms with Crippen molar-refractivity contribution in [3.05, 3.63) is 76.5 Å². The van der Waals surface area contributed by atoms with E-state index in [2.05, 4.69) is 11.2 Å². The Morgan fingerprint density at radius 2 is 1.89 bits per heavy atom. The Bertz CT molecular complexity index is 977. The van der Waals surface area contributed by atoms with Gasteiger partial charge in [0.1, 0.15) is 17.0 Å². The number of rotatable bonds is 6. The van der Waals surface area contributed by atoms with E-state index in [4.69, 9.17) is 21.4 Å². The molecule has 0 atom stereocenters. The molecule has 0 aliphatic carbocycles. The van der Waals surface area contributed by atoms with Gasteiger partial charge in [0, 0.05) is 18.7 Å². The smallest absolute Gasteiger partial charge is 0.260 e. The summed E-state index contributed by atoms with van der Waals surface area (Å²) in [5.74, 6) is 0.188. The summed E-state index contributed by atoms with van der Waals surface area (Å²) in [6.07, 6.45) is 0.240. The lowest BCUT2D eigenvalue weighted by molar-refractivity contribution is 0.0745. The van der Waals surface area contributed by atoms with Crippen LogP contribution in [0.5, 0.6) is 0 Å². The molecule has 3 aromatic rings. The molecule has 0 saturated carbocycles. The molecular weight excluding hydrogens is 362 g/mol. The number of amides is 1. The topological polar surface area (TPSA) is 70.1 Å². The molecule has 0 fully saturated rings. The SMILES string of the molecule is Cc1onc(-c2ccccc2Cl)c1C(=O)N(CCC#N)Cc1ccccc1. The van der Waals surface area contributed by atoms with E-state index in [-0.39, 0.29) is 12.3 Å². The number of benzene rings is 2. The molecule has 0 bridgehead atoms. The summed E-state index contributed by atoms with van der Waals surface area (Å²) < 4.78 is 5.31. The van der Waals surface area contributed by atoms with Crippen LogP contribution in [0.2, 0.25) is 5.02 Å². The van der Waals surface area contributed by atoms with Gasteiger partial charge in [-0.3, -0.25) is 4.79 Å². The first-order valence-corrected chi connectivity index (χ1v) is 8.91. The minimum Gasteiger partial charge on any atom is -0.360 e. The number of halogens is 1. The number of aromatic nitrogens is 1. The summed E-state index contributed by atoms with van der Waals surface area (Å²) in [4.78, 5) is 15.0. The van der Waals surface area contributed by atoms with E-state index in [9.17, 15) is 4.79 Å². The molecule has 0 aliphatic rings. The molecule has 27 heavy (non-hydrogen) atoms. The highest BCUT2D eigenvalue weighted by molar-refractivity contribution is 6.33. The maximum absolute atomic E-state index is 13.3. The summed E-state index contributed by atoms with van der Waals surface area (Å²) in [6, 6.07) is 18.9. The van der Waals surface area contributed by atoms with E-state index in [1.54, 1.807) is 24.0 Å². The molecule has 0 aliphatic heterocycles. The maximum Gasteiger partial charge on any atom is 0.260 e. The van der Waals surface area contributed by atoms with Crippen molar-refractivity contribution < 1.29 is 9.32 Å². The van der Waals surface area contributed by atoms with Crippen LogP contribution in [-0.2, 0) is 6.54 Å². The molecule has 3 rings (SSSR count). The second-order valence-electron chi connectivity index (χ2n) is 6.06. The van der Waals surface area contributed by atoms with Crippen molar-refractivity contribution in [1.82, 2.24) is 10.1 Å². The summed E-state index contributed by atoms with van der Waals surface area (Å²) in [6.45, 7) is 2.41. The number of hydrogen-bond donors (Lipinski definition) is 0. The number of carbonyl (C=O) groups is 1. The van der Waals surface area contributed by atoms with E-state index >= 15 is 0 Å². The van der Waals surface area contributed by atoms with Gasteiger partial charge in [0.2, 0.25) is 0 Å². The van der Waals surface area contributed by atoms with Crippen molar-refractivity contribution in [2.24, 2.45) is 0 Å². The zero-order valence-electron chi connectivity index (χ0n) is 14.9. The van der Waals surface area contributed by atoms with Crippen LogP contribution in [0.25, 0.3) is 11.3 Å². The Balaban J connectivity index is 1.98. The van der Waals surface area contributed by atoms with Gasteiger partial charge in [0.25, 0.3) is 5.91 Å². The molecule has 1 aromatic heterocycles. The molecule has 0 saturated heterocycles. The van der Waals surface area contributed by atoms with Crippen LogP contribution < -0.4 is 0 Å². The number of carbonyl (C=O) groups excluding carboxylic acids is 1. The average Bonchev–Trinajstić information content (AvgIpc) is 3.07. The summed E-state index contributed by atoms with van der Waals surface area (Å²) in [5, 5.41) is 13.5. The van der Waals surface area contributed by atoms with Gasteiger partial charge in [-0.25, -0.2) is 0 Å². The fourth-order valence-corrected chi connectivity index (χ4v) is 3.09. The monoisotopic (exact) mass is 379 g/mol. The minimum atomic E-state index is -0.234. The van der Waals surface area contributed by atoms with Gasteiger partial charge in [-0.05, 0) is 18.6 Å². The molecule has 136 valence electrons. The number of nitriles is 1. The van der Waals surface area contributed by atoms with Crippen molar-refractivity contribution in [1.29, 1.82) is 5.26 Å². The van der Waals surface area contributed by atoms with Crippen LogP contribution in [0.3, 0.4) is 0 Å². The predicted octanol–water partition coefficient (Wildman–Crippen LogP) is 4.86. The fraction of sp³-hybridized carbons (Fsp3) is 0.190. The van der Waals surface area contributed by atoms with Crippen LogP contribution in [-0.4, -0.2) is 22.5 Å². The van der Waals surface area contributed by atoms with Crippen molar-refractivity contribution in [3.8, 4) is 17.3 Å². The average molecular weight is 380 g/mol. The van der Waals surface area contributed by atoms with Gasteiger partial charge in [0.15, 0.2) is 0 Å². The molecular formula is C21H18ClN3O2. The second kappa shape index (κ2) is 8.52. The number of nitrogens with zero attached hydrogens (tertiary/aromatic N) is 3. The third kappa shape index (κ3) is 4.18. The van der Waals surface area contributed by atoms with Crippen LogP contribution in [0.15, 0.2) is 59.1 Å². The molecule has 6 heteroatoms. The Kier molecular flexibility index (Phi) is 5.90. The molecule has 0 spiro atoms. The third-order valence-corrected chi connectivity index (χ3v) is 4.53. The first-order chi connectivity index (χ1) is 13.1. The molecule has 0 N–H and O–H groups in total. The van der Waals surface area contributed by atoms with Crippen LogP contribution in [0, 0.1) is 18.3 Å². The highest BCUT2D eigenvalue weighted by Crippen LogP contribution is 2.32. The molecule has 5 nitrogen and oxygen atoms in total. The van der Waals surface area contributed by atoms with Crippen LogP contribution in [0.1, 0.15) is 28.1 Å². The predicted molar refractivity (Wildman–Crippen MR) is 103 cm³/mol. The third-order valence-electron chi connectivity index (χ3n) is 4.20. The van der Waals surface area contributed by atoms with Crippen molar-refractivity contribution in [2.45, 2.75) is 19.9 Å². The Hall–Kier alpha value is -3.10. The Morgan fingerprint density at radius 3 is 2.59 bits per heavy atom. The van der Waals surface area contributed by atoms with E-state index in [0.29, 0.717) is 40.7 Å². The van der Waals surface area contributed by atoms with E-state index in [0.717, 1.165) is 5.56 Å². The van der Waals surface area contributed by atoms with Gasteiger partial charge >= 0.3 is 0 Å². The summed E-state index contributed by atoms with van der Waals surface area (Å²) in [7, 11) is 0. The zero-order valence-corrected chi connectivity index (χ0v) is 15.6. The quantitative estimate of drug-likeness (QED) is 0.613. The van der Waals surface area contributed by atoms with E-state index in [1.807, 2.05) is 42.5 Å². The first-order valence-electron chi connectivity index (χ1n) is 8.53. The lowest BCUT2D eigenvalue weighted by Gasteiger charge is -2.22. The van der Waals surface area contributed by atoms with E-state index < -0.39 is 0 Å². The summed E-state index contributed by atoms with van der Waals surface area (Å²) in [5.41, 5.74) is 2.41. The van der Waals surface area contributed by atoms with Gasteiger partial charge in [0.05, 0.1) is 17.5 Å². The normalized spacial score (nSPS) is 10.4. The Morgan fingerprint density at radius 1 is 1.19 bits per heavy atom. The van der Waals surface area contributed by atoms with Crippen LogP contribution >= 0.6 is 11.6 Å². The van der Waals surface area contributed by atoms with Gasteiger partial charge in [-0.15, -0.1) is 0 Å². The highest BCUT2D eigenvalue weighted by atomic mass is 35.5. The standard InChI is InChI=1S/C21H18ClN3O2/c1-15-19(20(24-27-15)17-10-5-6-11-18(17)22)21(26)25(13-7-12-23)14-16-8-3-2-4-9-16/h2-6,8-11H,7,13-14H2,1H3. The first kappa shape index (κ1) is 18.7. The zero-order chi connectivity index (χ0) is 19.2. The van der Waals surface area contributed by atoms with Crippen LogP contribution in [0.4, 0.5) is 0 Å². The number of aryl methyl sites for hydroxylation is 1. The fourth-order valence-electron chi connectivity index (χ4n) is 2.86. The van der Waals surface area contributed by atoms with Crippen molar-refractivity contribution in [2.75, 3.05) is 6.54 Å². The molecule has 1 heterocycles. The maximum atomic E-state index is 13.3. The lowest BCUT2D eigenvalue weighted by Crippen LogP contribution is -2.32. The van der Waals surface area contributed by atoms with Crippen molar-refractivity contribution >= 4 is 17.5 Å². The van der Waals surface area contributed by atoms with Gasteiger partial charge in [-0.1, -0.05) is 65.3 Å². The number of hydrogen-bond acceptors (Lipinski definition) is 4. The lowest BCUT2D eigenvalue weighted by atomic mass is 10.0. The molecule has 1 amide bonds. The minimum absolute atomic E-state index is 0.234. The molecule has 0 radical (unpaired) electrons. The Labute approximate surface area is 162 Å². The molecule has 2 aromatic carbocycles. The summed E-state index contributed by atoms with van der Waals surface area (Å²) >= 11 is 6.29. The largest absolute Gasteiger partial charge is 0.360 e. The van der Waals surface area contributed by atoms with Gasteiger partial charge in [-0.2, -0.15) is 5.26 Å². The van der Waals surface area contributed by atoms with Crippen molar-refractivity contribution in [3.63, 3.8) is 0 Å². The van der Waals surface area contributed by atoms with Gasteiger partial charge < -0.3 is 9.42 Å². The second-order valence-corrected chi connectivity index (χ2v) is 6.47. The van der Waals surface area contributed by atoms with E-state index in [1.165, 1.54) is 0 Å².